The van der Waals surface area contributed by atoms with Crippen LogP contribution in [0.15, 0.2) is 35.0 Å². The fraction of sp³-hybridized carbons (Fsp3) is 0.450. The van der Waals surface area contributed by atoms with Crippen molar-refractivity contribution in [3.63, 3.8) is 0 Å². The van der Waals surface area contributed by atoms with Crippen molar-refractivity contribution < 1.29 is 9.15 Å². The number of likely N-dealkylation sites (tertiary alicyclic amines) is 1. The Hall–Kier alpha value is -2.27. The van der Waals surface area contributed by atoms with Crippen LogP contribution in [0.5, 0.6) is 5.75 Å². The van der Waals surface area contributed by atoms with E-state index in [2.05, 4.69) is 40.1 Å². The molecule has 4 rings (SSSR count). The van der Waals surface area contributed by atoms with E-state index in [4.69, 9.17) is 9.15 Å². The highest BCUT2D eigenvalue weighted by molar-refractivity contribution is 5.85. The minimum atomic E-state index is 0.591. The molecule has 0 bridgehead atoms. The summed E-state index contributed by atoms with van der Waals surface area (Å²) in [5.41, 5.74) is 2.60. The Morgan fingerprint density at radius 2 is 2.16 bits per heavy atom. The van der Waals surface area contributed by atoms with Crippen LogP contribution in [-0.4, -0.2) is 35.1 Å². The van der Waals surface area contributed by atoms with Gasteiger partial charge in [0.1, 0.15) is 11.5 Å². The Balaban J connectivity index is 1.43. The summed E-state index contributed by atoms with van der Waals surface area (Å²) in [5, 5.41) is 1.29. The van der Waals surface area contributed by atoms with Crippen LogP contribution in [0.4, 0.5) is 0 Å². The number of ether oxygens (including phenoxy) is 1. The Morgan fingerprint density at radius 3 is 2.88 bits per heavy atom. The lowest BCUT2D eigenvalue weighted by molar-refractivity contribution is 0.187. The predicted octanol–water partition coefficient (Wildman–Crippen LogP) is 4.11. The van der Waals surface area contributed by atoms with Gasteiger partial charge >= 0.3 is 0 Å². The number of aryl methyl sites for hydroxylation is 1. The molecule has 0 amide bonds. The number of hydrogen-bond donors (Lipinski definition) is 1. The molecule has 0 atom stereocenters. The molecule has 1 aromatic carbocycles. The van der Waals surface area contributed by atoms with Gasteiger partial charge in [0, 0.05) is 23.5 Å². The first-order valence-corrected chi connectivity index (χ1v) is 9.07. The standard InChI is InChI=1S/C20H25N3O2/c1-3-15-11-22-20(25-15)13-23-8-6-14(7-9-23)18-12-21-19-5-4-16(24-2)10-17(18)19/h4-5,10-12,14,21H,3,6-9,13H2,1-2H3. The molecular weight excluding hydrogens is 314 g/mol. The van der Waals surface area contributed by atoms with Crippen LogP contribution in [0.25, 0.3) is 10.9 Å². The second kappa shape index (κ2) is 6.92. The monoisotopic (exact) mass is 339 g/mol. The summed E-state index contributed by atoms with van der Waals surface area (Å²) in [6, 6.07) is 6.25. The lowest BCUT2D eigenvalue weighted by atomic mass is 9.89. The molecule has 1 aliphatic heterocycles. The maximum absolute atomic E-state index is 5.75. The van der Waals surface area contributed by atoms with Crippen molar-refractivity contribution in [3.05, 3.63) is 47.8 Å². The van der Waals surface area contributed by atoms with Gasteiger partial charge in [-0.1, -0.05) is 6.92 Å². The topological polar surface area (TPSA) is 54.3 Å². The van der Waals surface area contributed by atoms with Gasteiger partial charge in [-0.25, -0.2) is 4.98 Å². The fourth-order valence-corrected chi connectivity index (χ4v) is 3.76. The van der Waals surface area contributed by atoms with E-state index >= 15 is 0 Å². The number of fused-ring (bicyclic) bond motifs is 1. The Labute approximate surface area is 148 Å². The molecule has 0 radical (unpaired) electrons. The van der Waals surface area contributed by atoms with Crippen LogP contribution < -0.4 is 4.74 Å². The number of oxazole rings is 1. The van der Waals surface area contributed by atoms with Crippen molar-refractivity contribution in [2.45, 2.75) is 38.6 Å². The zero-order valence-electron chi connectivity index (χ0n) is 14.9. The second-order valence-corrected chi connectivity index (χ2v) is 6.78. The zero-order valence-corrected chi connectivity index (χ0v) is 14.9. The molecule has 132 valence electrons. The molecule has 1 fully saturated rings. The van der Waals surface area contributed by atoms with Gasteiger partial charge in [0.05, 0.1) is 19.9 Å². The number of H-pyrrole nitrogens is 1. The number of nitrogens with zero attached hydrogens (tertiary/aromatic N) is 2. The first kappa shape index (κ1) is 16.2. The van der Waals surface area contributed by atoms with E-state index in [9.17, 15) is 0 Å². The van der Waals surface area contributed by atoms with Crippen molar-refractivity contribution in [1.82, 2.24) is 14.9 Å². The largest absolute Gasteiger partial charge is 0.497 e. The van der Waals surface area contributed by atoms with E-state index in [0.717, 1.165) is 56.3 Å². The van der Waals surface area contributed by atoms with Crippen LogP contribution in [0.3, 0.4) is 0 Å². The Bertz CT molecular complexity index is 844. The Kier molecular flexibility index (Phi) is 4.49. The molecule has 5 heteroatoms. The molecule has 3 heterocycles. The zero-order chi connectivity index (χ0) is 17.2. The van der Waals surface area contributed by atoms with E-state index in [1.54, 1.807) is 7.11 Å². The quantitative estimate of drug-likeness (QED) is 0.760. The summed E-state index contributed by atoms with van der Waals surface area (Å²) < 4.78 is 11.1. The van der Waals surface area contributed by atoms with E-state index in [1.165, 1.54) is 16.5 Å². The minimum Gasteiger partial charge on any atom is -0.497 e. The summed E-state index contributed by atoms with van der Waals surface area (Å²) in [4.78, 5) is 10.2. The van der Waals surface area contributed by atoms with Crippen molar-refractivity contribution in [3.8, 4) is 5.75 Å². The van der Waals surface area contributed by atoms with Crippen molar-refractivity contribution in [2.24, 2.45) is 0 Å². The van der Waals surface area contributed by atoms with E-state index in [1.807, 2.05) is 12.3 Å². The molecule has 1 aliphatic rings. The van der Waals surface area contributed by atoms with Gasteiger partial charge in [-0.15, -0.1) is 0 Å². The van der Waals surface area contributed by atoms with Crippen LogP contribution in [0.2, 0.25) is 0 Å². The molecule has 1 saturated heterocycles. The van der Waals surface area contributed by atoms with Crippen LogP contribution in [0, 0.1) is 0 Å². The molecule has 0 aliphatic carbocycles. The lowest BCUT2D eigenvalue weighted by Crippen LogP contribution is -2.32. The molecule has 5 nitrogen and oxygen atoms in total. The molecular formula is C20H25N3O2. The number of aromatic nitrogens is 2. The van der Waals surface area contributed by atoms with E-state index in [0.29, 0.717) is 5.92 Å². The molecule has 3 aromatic rings. The van der Waals surface area contributed by atoms with Gasteiger partial charge in [-0.05, 0) is 55.6 Å². The first-order valence-electron chi connectivity index (χ1n) is 9.07. The highest BCUT2D eigenvalue weighted by atomic mass is 16.5. The maximum Gasteiger partial charge on any atom is 0.208 e. The van der Waals surface area contributed by atoms with Crippen LogP contribution in [0.1, 0.15) is 42.9 Å². The van der Waals surface area contributed by atoms with Crippen molar-refractivity contribution in [2.75, 3.05) is 20.2 Å². The first-order chi connectivity index (χ1) is 12.3. The van der Waals surface area contributed by atoms with Crippen molar-refractivity contribution >= 4 is 10.9 Å². The summed E-state index contributed by atoms with van der Waals surface area (Å²) in [7, 11) is 1.72. The third-order valence-electron chi connectivity index (χ3n) is 5.26. The minimum absolute atomic E-state index is 0.591. The van der Waals surface area contributed by atoms with E-state index in [-0.39, 0.29) is 0 Å². The van der Waals surface area contributed by atoms with Gasteiger partial charge in [-0.3, -0.25) is 4.90 Å². The second-order valence-electron chi connectivity index (χ2n) is 6.78. The van der Waals surface area contributed by atoms with Gasteiger partial charge < -0.3 is 14.1 Å². The molecule has 2 aromatic heterocycles. The maximum atomic E-state index is 5.75. The Morgan fingerprint density at radius 1 is 1.32 bits per heavy atom. The summed E-state index contributed by atoms with van der Waals surface area (Å²) >= 11 is 0. The summed E-state index contributed by atoms with van der Waals surface area (Å²) in [6.07, 6.45) is 7.24. The third kappa shape index (κ3) is 3.29. The number of aromatic amines is 1. The average molecular weight is 339 g/mol. The average Bonchev–Trinajstić information content (AvgIpc) is 3.28. The smallest absolute Gasteiger partial charge is 0.208 e. The number of piperidine rings is 1. The summed E-state index contributed by atoms with van der Waals surface area (Å²) in [6.45, 7) is 5.05. The van der Waals surface area contributed by atoms with Crippen LogP contribution >= 0.6 is 0 Å². The number of rotatable bonds is 5. The normalized spacial score (nSPS) is 16.6. The highest BCUT2D eigenvalue weighted by Gasteiger charge is 2.24. The lowest BCUT2D eigenvalue weighted by Gasteiger charge is -2.31. The highest BCUT2D eigenvalue weighted by Crippen LogP contribution is 2.34. The molecule has 1 N–H and O–H groups in total. The van der Waals surface area contributed by atoms with Crippen molar-refractivity contribution in [1.29, 1.82) is 0 Å². The molecule has 0 saturated carbocycles. The molecule has 0 spiro atoms. The summed E-state index contributed by atoms with van der Waals surface area (Å²) in [5.74, 6) is 3.32. The SMILES string of the molecule is CCc1cnc(CN2CCC(c3c[nH]c4ccc(OC)cc34)CC2)o1. The number of hydrogen-bond acceptors (Lipinski definition) is 4. The van der Waals surface area contributed by atoms with Gasteiger partial charge in [0.15, 0.2) is 0 Å². The fourth-order valence-electron chi connectivity index (χ4n) is 3.76. The third-order valence-corrected chi connectivity index (χ3v) is 5.26. The number of benzene rings is 1. The van der Waals surface area contributed by atoms with Crippen LogP contribution in [-0.2, 0) is 13.0 Å². The molecule has 25 heavy (non-hydrogen) atoms. The van der Waals surface area contributed by atoms with Gasteiger partial charge in [0.25, 0.3) is 0 Å². The number of methoxy groups -OCH3 is 1. The number of nitrogens with one attached hydrogen (secondary N) is 1. The van der Waals surface area contributed by atoms with Gasteiger partial charge in [0.2, 0.25) is 5.89 Å². The van der Waals surface area contributed by atoms with E-state index < -0.39 is 0 Å². The molecule has 0 unspecified atom stereocenters. The predicted molar refractivity (Wildman–Crippen MR) is 98.0 cm³/mol. The van der Waals surface area contributed by atoms with Gasteiger partial charge in [-0.2, -0.15) is 0 Å².